The topological polar surface area (TPSA) is 312 Å². The second kappa shape index (κ2) is 46.7. The molecular weight excluding hydrogens is 2060 g/mol. The van der Waals surface area contributed by atoms with Crippen LogP contribution in [0.25, 0.3) is 84.8 Å². The molecule has 13 rings (SSSR count). The normalized spacial score (nSPS) is 13.1. The van der Waals surface area contributed by atoms with Gasteiger partial charge in [-0.25, -0.2) is 29.9 Å². The van der Waals surface area contributed by atoms with Crippen LogP contribution in [0.5, 0.6) is 0 Å². The number of aromatic nitrogens is 6. The van der Waals surface area contributed by atoms with Crippen molar-refractivity contribution < 1.29 is 67.1 Å². The fourth-order valence-corrected chi connectivity index (χ4v) is 20.3. The van der Waals surface area contributed by atoms with Crippen LogP contribution in [0.4, 0.5) is 10.3 Å². The zero-order valence-electron chi connectivity index (χ0n) is 83.3. The molecule has 0 aliphatic rings. The van der Waals surface area contributed by atoms with Crippen LogP contribution in [-0.2, 0) is 57.1 Å². The van der Waals surface area contributed by atoms with E-state index >= 15 is 0 Å². The fraction of sp³-hybridized carbons (Fsp3) is 0.423. The van der Waals surface area contributed by atoms with Crippen molar-refractivity contribution in [2.45, 2.75) is 241 Å². The van der Waals surface area contributed by atoms with Crippen LogP contribution in [-0.4, -0.2) is 120 Å². The van der Waals surface area contributed by atoms with E-state index in [2.05, 4.69) is 68.9 Å². The number of esters is 4. The number of thiazole rings is 4. The van der Waals surface area contributed by atoms with Crippen molar-refractivity contribution >= 4 is 223 Å². The first-order valence-corrected chi connectivity index (χ1v) is 51.3. The van der Waals surface area contributed by atoms with E-state index in [1.807, 2.05) is 291 Å². The van der Waals surface area contributed by atoms with Crippen LogP contribution < -0.4 is 16.9 Å². The lowest BCUT2D eigenvalue weighted by Crippen LogP contribution is -2.30. The molecule has 0 unspecified atom stereocenters. The van der Waals surface area contributed by atoms with Crippen molar-refractivity contribution in [1.82, 2.24) is 29.9 Å². The molecule has 6 aromatic heterocycles. The fourth-order valence-electron chi connectivity index (χ4n) is 14.3. The third-order valence-corrected chi connectivity index (χ3v) is 27.0. The van der Waals surface area contributed by atoms with E-state index in [0.29, 0.717) is 35.9 Å². The van der Waals surface area contributed by atoms with Crippen molar-refractivity contribution in [2.75, 3.05) is 37.9 Å². The lowest BCUT2D eigenvalue weighted by molar-refractivity contribution is -0.162. The lowest BCUT2D eigenvalue weighted by atomic mass is 9.81. The van der Waals surface area contributed by atoms with Gasteiger partial charge in [-0.1, -0.05) is 117 Å². The summed E-state index contributed by atoms with van der Waals surface area (Å²) in [5, 5.41) is 21.7. The van der Waals surface area contributed by atoms with Gasteiger partial charge in [0.1, 0.15) is 66.2 Å². The summed E-state index contributed by atoms with van der Waals surface area (Å²) in [6, 6.07) is 37.9. The van der Waals surface area contributed by atoms with E-state index in [9.17, 15) is 19.2 Å². The van der Waals surface area contributed by atoms with Gasteiger partial charge in [-0.15, -0.1) is 22.7 Å². The maximum Gasteiger partial charge on any atom is 0.488 e. The Morgan fingerprint density at radius 2 is 0.645 bits per heavy atom. The van der Waals surface area contributed by atoms with Crippen LogP contribution in [0, 0.1) is 49.4 Å². The van der Waals surface area contributed by atoms with Gasteiger partial charge in [0.15, 0.2) is 14.2 Å². The summed E-state index contributed by atoms with van der Waals surface area (Å²) in [6.07, 6.45) is 1.27. The molecule has 6 N–H and O–H groups in total. The zero-order chi connectivity index (χ0) is 103. The molecule has 13 aromatic rings. The van der Waals surface area contributed by atoms with E-state index in [-0.39, 0.29) is 55.5 Å². The maximum absolute atomic E-state index is 12.7. The molecule has 0 spiro atoms. The smallest absolute Gasteiger partial charge is 0.462 e. The molecule has 0 aliphatic heterocycles. The number of aryl methyl sites for hydroxylation is 4. The van der Waals surface area contributed by atoms with Gasteiger partial charge >= 0.3 is 31.0 Å². The average Bonchev–Trinajstić information content (AvgIpc) is 1.54. The van der Waals surface area contributed by atoms with Crippen LogP contribution >= 0.6 is 135 Å². The number of nitrogens with zero attached hydrogens (tertiary/aromatic N) is 6. The van der Waals surface area contributed by atoms with Gasteiger partial charge in [-0.2, -0.15) is 0 Å². The maximum atomic E-state index is 12.7. The number of anilines is 2. The quantitative estimate of drug-likeness (QED) is 0.0225. The highest BCUT2D eigenvalue weighted by Gasteiger charge is 2.37. The number of carbonyl (C=O) groups is 4. The van der Waals surface area contributed by atoms with Gasteiger partial charge in [-0.05, 0) is 372 Å². The van der Waals surface area contributed by atoms with E-state index in [1.165, 1.54) is 41.0 Å². The summed E-state index contributed by atoms with van der Waals surface area (Å²) >= 11 is 43.5. The number of hydrogen-bond acceptors (Lipinski definition) is 26. The van der Waals surface area contributed by atoms with Crippen molar-refractivity contribution in [3.63, 3.8) is 0 Å². The Labute approximate surface area is 868 Å². The van der Waals surface area contributed by atoms with Gasteiger partial charge in [0.25, 0.3) is 0 Å². The van der Waals surface area contributed by atoms with Crippen molar-refractivity contribution in [2.24, 2.45) is 21.7 Å². The SMILES string of the molecule is Cc1cc2nc(-c3ccnc(Cl)c3)sc2c(-c2ccc(Cl)cc2)c1[C@@H](COC(=O)C(C)(C)C)OC(C)(C)C.Cc1cc2nc(Br)sc2c(-c2ccc(Cl)cc2)c1[C@@H](COC(=O)C(C)(C)C)OC(C)(C)C.Cc1cc2nc(N)sc2c(-c2ccc(Cl)cc2)c1[C@@H](COC(=O)C(C)(C)C)OC(C)(C)C.Cc1cc2nc(N)sc2c(Br)c1[C@@H](COC(=O)C(C)(C)C)OC(C)(C)C.OB(O)c1ccnc(Cl)c1. The third-order valence-electron chi connectivity index (χ3n) is 20.3. The highest BCUT2D eigenvalue weighted by atomic mass is 79.9. The number of carbonyl (C=O) groups excluding carboxylic acids is 4. The molecule has 138 heavy (non-hydrogen) atoms. The standard InChI is InChI=1S/C30H32Cl2N2O3S.C25H29BrClNO3S.C25H31ClN2O3S.C19H27BrN2O3S.C5H5BClNO2/c1-17-14-21-26(38-27(34-21)19-12-13-33-23(32)15-19)25(18-8-10-20(31)11-9-18)24(17)22(37-30(5,6)7)16-36-28(35)29(2,3)4;1-14-12-17-21(32-23(26)28-17)20(15-8-10-16(27)11-9-15)19(14)18(31-25(5,6)7)13-30-22(29)24(2,3)4;1-14-12-17-21(32-23(27)28-17)20(15-8-10-16(26)11-9-15)19(14)18(31-25(5,6)7)13-30-22(29)24(2,3)4;1-10-8-11-15(26-17(21)22-11)14(20)13(10)12(25-19(5,6)7)9-24-16(23)18(2,3)4;7-5-3-4(6(9)10)1-2-8-5/h8-15,22H,16H2,1-7H3;8-12,18H,13H2,1-7H3;8-12,18H,13H2,1-7H3,(H2,27,28);8,12H,9H2,1-7H3,(H2,21,22);1-3,9-10H/t22-;2*18-;12-;/m1111./s1. The number of ether oxygens (including phenoxy) is 8. The predicted octanol–water partition coefficient (Wildman–Crippen LogP) is 29.0. The summed E-state index contributed by atoms with van der Waals surface area (Å²) < 4.78 is 54.3. The number of rotatable bonds is 21. The van der Waals surface area contributed by atoms with Gasteiger partial charge in [-0.3, -0.25) is 19.2 Å². The molecule has 0 fully saturated rings. The Balaban J connectivity index is 0.000000200. The number of nitrogen functional groups attached to an aromatic ring is 2. The lowest BCUT2D eigenvalue weighted by Gasteiger charge is -2.31. The Morgan fingerprint density at radius 1 is 0.362 bits per heavy atom. The monoisotopic (exact) mass is 2180 g/mol. The second-order valence-electron chi connectivity index (χ2n) is 41.3. The largest absolute Gasteiger partial charge is 0.488 e. The van der Waals surface area contributed by atoms with Crippen molar-refractivity contribution in [1.29, 1.82) is 0 Å². The number of fused-ring (bicyclic) bond motifs is 4. The predicted molar refractivity (Wildman–Crippen MR) is 576 cm³/mol. The highest BCUT2D eigenvalue weighted by Crippen LogP contribution is 2.50. The minimum Gasteiger partial charge on any atom is -0.462 e. The molecule has 0 bridgehead atoms. The molecular formula is C104H124BBr2Cl5N8O14S4. The molecule has 0 aliphatic carbocycles. The third kappa shape index (κ3) is 32.1. The number of hydrogen-bond donors (Lipinski definition) is 4. The number of pyridine rings is 2. The van der Waals surface area contributed by atoms with Crippen molar-refractivity contribution in [3.05, 3.63) is 212 Å². The molecule has 34 heteroatoms. The van der Waals surface area contributed by atoms with Crippen LogP contribution in [0.1, 0.15) is 235 Å². The Morgan fingerprint density at radius 3 is 0.957 bits per heavy atom. The van der Waals surface area contributed by atoms with Gasteiger partial charge in [0.2, 0.25) is 0 Å². The first kappa shape index (κ1) is 114. The molecule has 0 radical (unpaired) electrons. The Hall–Kier alpha value is -7.89. The second-order valence-corrected chi connectivity index (χ2v) is 49.5. The van der Waals surface area contributed by atoms with E-state index < -0.39 is 75.6 Å². The molecule has 22 nitrogen and oxygen atoms in total. The van der Waals surface area contributed by atoms with E-state index in [4.69, 9.17) is 122 Å². The zero-order valence-corrected chi connectivity index (χ0v) is 93.5. The number of halogens is 7. The molecule has 6 heterocycles. The average molecular weight is 2190 g/mol. The van der Waals surface area contributed by atoms with Crippen molar-refractivity contribution in [3.8, 4) is 44.0 Å². The summed E-state index contributed by atoms with van der Waals surface area (Å²) in [7, 11) is -1.47. The first-order chi connectivity index (χ1) is 63.7. The van der Waals surface area contributed by atoms with Crippen LogP contribution in [0.2, 0.25) is 25.4 Å². The Bertz CT molecular complexity index is 6300. The molecule has 0 saturated carbocycles. The highest BCUT2D eigenvalue weighted by molar-refractivity contribution is 9.11. The van der Waals surface area contributed by atoms with Gasteiger partial charge in [0, 0.05) is 59.8 Å². The summed E-state index contributed by atoms with van der Waals surface area (Å²) in [5.41, 5.74) is 26.4. The number of nitrogens with two attached hydrogens (primary N) is 2. The summed E-state index contributed by atoms with van der Waals surface area (Å²) in [4.78, 5) is 76.3. The number of benzene rings is 7. The summed E-state index contributed by atoms with van der Waals surface area (Å²) in [6.45, 7) is 54.6. The van der Waals surface area contributed by atoms with Gasteiger partial charge < -0.3 is 59.4 Å². The summed E-state index contributed by atoms with van der Waals surface area (Å²) in [5.74, 6) is -1.06. The molecule has 0 saturated heterocycles. The van der Waals surface area contributed by atoms with Gasteiger partial charge in [0.05, 0.1) is 84.9 Å². The van der Waals surface area contributed by atoms with Crippen LogP contribution in [0.3, 0.4) is 0 Å². The van der Waals surface area contributed by atoms with E-state index in [1.54, 1.807) is 28.9 Å². The Kier molecular flexibility index (Phi) is 38.4. The molecule has 4 atom stereocenters. The van der Waals surface area contributed by atoms with E-state index in [0.717, 1.165) is 138 Å². The molecule has 0 amide bonds. The molecule has 740 valence electrons. The minimum atomic E-state index is -1.47. The van der Waals surface area contributed by atoms with Crippen LogP contribution in [0.15, 0.2) is 142 Å². The molecule has 7 aromatic carbocycles. The minimum absolute atomic E-state index is 0.0892. The first-order valence-electron chi connectivity index (χ1n) is 44.6.